The number of imidazole rings is 1. The molecular weight excluding hydrogens is 273 g/mol. The van der Waals surface area contributed by atoms with Crippen molar-refractivity contribution in [3.63, 3.8) is 0 Å². The molecule has 96 valence electrons. The third-order valence-electron chi connectivity index (χ3n) is 2.20. The number of pyridine rings is 1. The number of alkyl halides is 3. The maximum absolute atomic E-state index is 12.5. The van der Waals surface area contributed by atoms with Crippen molar-refractivity contribution < 1.29 is 18.4 Å². The van der Waals surface area contributed by atoms with E-state index in [0.29, 0.717) is 0 Å². The predicted molar refractivity (Wildman–Crippen MR) is 57.7 cm³/mol. The highest BCUT2D eigenvalue weighted by molar-refractivity contribution is 6.33. The molecule has 0 spiro atoms. The van der Waals surface area contributed by atoms with Crippen LogP contribution in [0.3, 0.4) is 0 Å². The monoisotopic (exact) mass is 278 g/mol. The van der Waals surface area contributed by atoms with E-state index in [1.165, 1.54) is 6.20 Å². The summed E-state index contributed by atoms with van der Waals surface area (Å²) >= 11 is 5.70. The number of rotatable bonds is 1. The molecule has 2 aromatic heterocycles. The Morgan fingerprint density at radius 2 is 2.11 bits per heavy atom. The number of oxime groups is 1. The van der Waals surface area contributed by atoms with E-state index in [-0.39, 0.29) is 22.2 Å². The normalized spacial score (nSPS) is 13.2. The Balaban J connectivity index is 2.67. The predicted octanol–water partition coefficient (Wildman–Crippen LogP) is 2.10. The Kier molecular flexibility index (Phi) is 2.81. The molecule has 0 aromatic carbocycles. The zero-order valence-corrected chi connectivity index (χ0v) is 9.37. The second-order valence-electron chi connectivity index (χ2n) is 3.42. The molecule has 0 aliphatic rings. The Morgan fingerprint density at radius 1 is 1.44 bits per heavy atom. The van der Waals surface area contributed by atoms with E-state index in [1.54, 1.807) is 0 Å². The van der Waals surface area contributed by atoms with E-state index in [1.807, 2.05) is 0 Å². The van der Waals surface area contributed by atoms with E-state index in [2.05, 4.69) is 10.1 Å². The summed E-state index contributed by atoms with van der Waals surface area (Å²) in [5, 5.41) is 11.0. The number of halogens is 4. The maximum Gasteiger partial charge on any atom is 0.417 e. The summed E-state index contributed by atoms with van der Waals surface area (Å²) in [4.78, 5) is 3.85. The van der Waals surface area contributed by atoms with Gasteiger partial charge in [-0.3, -0.25) is 0 Å². The molecular formula is C9H6ClF3N4O. The average Bonchev–Trinajstić information content (AvgIpc) is 2.71. The number of aromatic nitrogens is 2. The molecule has 0 amide bonds. The fraction of sp³-hybridized carbons (Fsp3) is 0.111. The van der Waals surface area contributed by atoms with E-state index in [0.717, 1.165) is 16.7 Å². The number of amidine groups is 1. The van der Waals surface area contributed by atoms with Gasteiger partial charge in [0.1, 0.15) is 5.69 Å². The molecule has 2 rings (SSSR count). The van der Waals surface area contributed by atoms with E-state index in [4.69, 9.17) is 22.5 Å². The first-order chi connectivity index (χ1) is 8.32. The summed E-state index contributed by atoms with van der Waals surface area (Å²) in [6.45, 7) is 0. The standard InChI is InChI=1S/C9H6ClF3N4O/c10-5-1-4(9(11,12)13)2-17-3-6(7(14)16-18)15-8(5)17/h1-3,18H,(H2,14,16). The van der Waals surface area contributed by atoms with Gasteiger partial charge in [-0.25, -0.2) is 4.98 Å². The Morgan fingerprint density at radius 3 is 2.67 bits per heavy atom. The zero-order chi connectivity index (χ0) is 13.5. The molecule has 0 aliphatic heterocycles. The van der Waals surface area contributed by atoms with Gasteiger partial charge in [-0.1, -0.05) is 16.8 Å². The summed E-state index contributed by atoms with van der Waals surface area (Å²) in [5.74, 6) is -0.316. The minimum Gasteiger partial charge on any atom is -0.409 e. The zero-order valence-electron chi connectivity index (χ0n) is 8.61. The van der Waals surface area contributed by atoms with Crippen molar-refractivity contribution >= 4 is 23.1 Å². The second kappa shape index (κ2) is 4.05. The summed E-state index contributed by atoms with van der Waals surface area (Å²) in [6.07, 6.45) is -2.51. The number of hydrogen-bond donors (Lipinski definition) is 2. The minimum atomic E-state index is -4.52. The highest BCUT2D eigenvalue weighted by atomic mass is 35.5. The fourth-order valence-corrected chi connectivity index (χ4v) is 1.64. The molecule has 0 saturated carbocycles. The van der Waals surface area contributed by atoms with Crippen molar-refractivity contribution in [3.05, 3.63) is 34.7 Å². The fourth-order valence-electron chi connectivity index (χ4n) is 1.39. The first-order valence-electron chi connectivity index (χ1n) is 4.56. The van der Waals surface area contributed by atoms with Crippen molar-refractivity contribution in [2.24, 2.45) is 10.9 Å². The van der Waals surface area contributed by atoms with Gasteiger partial charge in [0.15, 0.2) is 11.5 Å². The minimum absolute atomic E-state index is 0.0266. The van der Waals surface area contributed by atoms with Crippen LogP contribution in [0.1, 0.15) is 11.3 Å². The molecule has 5 nitrogen and oxygen atoms in total. The average molecular weight is 279 g/mol. The Labute approximate surface area is 103 Å². The number of nitrogens with zero attached hydrogens (tertiary/aromatic N) is 3. The van der Waals surface area contributed by atoms with Crippen LogP contribution in [0.2, 0.25) is 5.02 Å². The first-order valence-corrected chi connectivity index (χ1v) is 4.94. The number of nitrogens with two attached hydrogens (primary N) is 1. The SMILES string of the molecule is NC(=NO)c1cn2cc(C(F)(F)F)cc(Cl)c2n1. The van der Waals surface area contributed by atoms with Gasteiger partial charge in [-0.15, -0.1) is 0 Å². The Hall–Kier alpha value is -1.96. The summed E-state index contributed by atoms with van der Waals surface area (Å²) in [5.41, 5.74) is 4.49. The largest absolute Gasteiger partial charge is 0.417 e. The molecule has 0 radical (unpaired) electrons. The molecule has 0 aliphatic carbocycles. The molecule has 0 unspecified atom stereocenters. The van der Waals surface area contributed by atoms with Crippen molar-refractivity contribution in [1.29, 1.82) is 0 Å². The maximum atomic E-state index is 12.5. The molecule has 0 atom stereocenters. The molecule has 9 heteroatoms. The highest BCUT2D eigenvalue weighted by Gasteiger charge is 2.31. The van der Waals surface area contributed by atoms with Gasteiger partial charge in [-0.05, 0) is 6.07 Å². The lowest BCUT2D eigenvalue weighted by molar-refractivity contribution is -0.137. The topological polar surface area (TPSA) is 75.9 Å². The van der Waals surface area contributed by atoms with Crippen LogP contribution in [0.4, 0.5) is 13.2 Å². The highest BCUT2D eigenvalue weighted by Crippen LogP contribution is 2.32. The molecule has 0 bridgehead atoms. The lowest BCUT2D eigenvalue weighted by atomic mass is 10.3. The summed E-state index contributed by atoms with van der Waals surface area (Å²) in [7, 11) is 0. The van der Waals surface area contributed by atoms with Crippen molar-refractivity contribution in [2.45, 2.75) is 6.18 Å². The number of fused-ring (bicyclic) bond motifs is 1. The van der Waals surface area contributed by atoms with Gasteiger partial charge in [0.05, 0.1) is 10.6 Å². The lowest BCUT2D eigenvalue weighted by Gasteiger charge is -2.07. The van der Waals surface area contributed by atoms with Gasteiger partial charge in [0, 0.05) is 12.4 Å². The number of hydrogen-bond acceptors (Lipinski definition) is 3. The third kappa shape index (κ3) is 2.06. The van der Waals surface area contributed by atoms with Crippen LogP contribution >= 0.6 is 11.6 Å². The van der Waals surface area contributed by atoms with Crippen molar-refractivity contribution in [2.75, 3.05) is 0 Å². The van der Waals surface area contributed by atoms with Crippen molar-refractivity contribution in [1.82, 2.24) is 9.38 Å². The second-order valence-corrected chi connectivity index (χ2v) is 3.82. The molecule has 2 heterocycles. The summed E-state index contributed by atoms with van der Waals surface area (Å²) < 4.78 is 38.7. The first kappa shape index (κ1) is 12.5. The van der Waals surface area contributed by atoms with Gasteiger partial charge in [-0.2, -0.15) is 13.2 Å². The lowest BCUT2D eigenvalue weighted by Crippen LogP contribution is -2.13. The third-order valence-corrected chi connectivity index (χ3v) is 2.48. The summed E-state index contributed by atoms with van der Waals surface area (Å²) in [6, 6.07) is 0.764. The quantitative estimate of drug-likeness (QED) is 0.363. The smallest absolute Gasteiger partial charge is 0.409 e. The van der Waals surface area contributed by atoms with E-state index < -0.39 is 11.7 Å². The van der Waals surface area contributed by atoms with Gasteiger partial charge in [0.2, 0.25) is 0 Å². The van der Waals surface area contributed by atoms with Gasteiger partial charge >= 0.3 is 6.18 Å². The van der Waals surface area contributed by atoms with Crippen LogP contribution in [0.15, 0.2) is 23.6 Å². The van der Waals surface area contributed by atoms with Crippen LogP contribution in [0.5, 0.6) is 0 Å². The van der Waals surface area contributed by atoms with Crippen LogP contribution < -0.4 is 5.73 Å². The van der Waals surface area contributed by atoms with Crippen LogP contribution in [-0.2, 0) is 6.18 Å². The van der Waals surface area contributed by atoms with Crippen LogP contribution in [0.25, 0.3) is 5.65 Å². The molecule has 0 saturated heterocycles. The van der Waals surface area contributed by atoms with E-state index in [9.17, 15) is 13.2 Å². The molecule has 2 aromatic rings. The molecule has 18 heavy (non-hydrogen) atoms. The van der Waals surface area contributed by atoms with E-state index >= 15 is 0 Å². The van der Waals surface area contributed by atoms with Gasteiger partial charge < -0.3 is 15.3 Å². The van der Waals surface area contributed by atoms with Crippen LogP contribution in [0, 0.1) is 0 Å². The van der Waals surface area contributed by atoms with Gasteiger partial charge in [0.25, 0.3) is 0 Å². The Bertz CT molecular complexity index is 635. The molecule has 3 N–H and O–H groups in total. The molecule has 0 fully saturated rings. The van der Waals surface area contributed by atoms with Crippen molar-refractivity contribution in [3.8, 4) is 0 Å². The van der Waals surface area contributed by atoms with Crippen LogP contribution in [-0.4, -0.2) is 20.4 Å².